The molecular weight excluding hydrogens is 245 g/mol. The fraction of sp³-hybridized carbons (Fsp3) is 0.643. The van der Waals surface area contributed by atoms with Crippen LogP contribution in [0.4, 0.5) is 10.2 Å². The van der Waals surface area contributed by atoms with E-state index in [4.69, 9.17) is 4.74 Å². The van der Waals surface area contributed by atoms with Crippen LogP contribution in [0.2, 0.25) is 0 Å². The fourth-order valence-corrected chi connectivity index (χ4v) is 2.16. The Hall–Kier alpha value is -1.20. The van der Waals surface area contributed by atoms with Crippen molar-refractivity contribution in [2.75, 3.05) is 24.7 Å². The summed E-state index contributed by atoms with van der Waals surface area (Å²) in [5, 5.41) is 3.23. The molecule has 2 rings (SSSR count). The number of nitrogens with one attached hydrogen (secondary N) is 1. The quantitative estimate of drug-likeness (QED) is 0.904. The van der Waals surface area contributed by atoms with Gasteiger partial charge in [-0.05, 0) is 13.0 Å². The summed E-state index contributed by atoms with van der Waals surface area (Å²) in [6.07, 6.45) is 1.68. The summed E-state index contributed by atoms with van der Waals surface area (Å²) in [7, 11) is 0. The highest BCUT2D eigenvalue weighted by Crippen LogP contribution is 2.23. The number of aromatic nitrogens is 1. The minimum atomic E-state index is -0.218. The Labute approximate surface area is 114 Å². The molecule has 1 saturated heterocycles. The molecule has 1 aliphatic rings. The standard InChI is InChI=1S/C14H22FN3O/c1-10(2)17-8-12-4-5-16-14(13(12)15)18-6-7-19-9-11(18)3/h4-5,10-11,17H,6-9H2,1-3H3. The van der Waals surface area contributed by atoms with Gasteiger partial charge in [0.2, 0.25) is 0 Å². The topological polar surface area (TPSA) is 37.4 Å². The van der Waals surface area contributed by atoms with Crippen LogP contribution in [0, 0.1) is 5.82 Å². The average molecular weight is 267 g/mol. The molecule has 0 aliphatic carbocycles. The molecular formula is C14H22FN3O. The molecule has 0 amide bonds. The lowest BCUT2D eigenvalue weighted by atomic mass is 10.2. The maximum absolute atomic E-state index is 14.5. The van der Waals surface area contributed by atoms with E-state index < -0.39 is 0 Å². The molecule has 0 aromatic carbocycles. The number of ether oxygens (including phenoxy) is 1. The summed E-state index contributed by atoms with van der Waals surface area (Å²) < 4.78 is 19.9. The Balaban J connectivity index is 2.18. The molecule has 1 aromatic rings. The molecule has 0 saturated carbocycles. The van der Waals surface area contributed by atoms with Crippen LogP contribution in [-0.2, 0) is 11.3 Å². The van der Waals surface area contributed by atoms with Gasteiger partial charge in [0.25, 0.3) is 0 Å². The second-order valence-electron chi connectivity index (χ2n) is 5.26. The number of hydrogen-bond donors (Lipinski definition) is 1. The maximum Gasteiger partial charge on any atom is 0.170 e. The third kappa shape index (κ3) is 3.42. The second-order valence-corrected chi connectivity index (χ2v) is 5.26. The Morgan fingerprint density at radius 2 is 2.37 bits per heavy atom. The van der Waals surface area contributed by atoms with E-state index in [0.29, 0.717) is 43.7 Å². The number of anilines is 1. The summed E-state index contributed by atoms with van der Waals surface area (Å²) >= 11 is 0. The van der Waals surface area contributed by atoms with Gasteiger partial charge >= 0.3 is 0 Å². The maximum atomic E-state index is 14.5. The Morgan fingerprint density at radius 3 is 3.05 bits per heavy atom. The van der Waals surface area contributed by atoms with Crippen LogP contribution in [-0.4, -0.2) is 36.8 Å². The zero-order valence-corrected chi connectivity index (χ0v) is 11.8. The highest BCUT2D eigenvalue weighted by molar-refractivity contribution is 5.44. The highest BCUT2D eigenvalue weighted by atomic mass is 19.1. The highest BCUT2D eigenvalue weighted by Gasteiger charge is 2.24. The number of hydrogen-bond acceptors (Lipinski definition) is 4. The molecule has 4 nitrogen and oxygen atoms in total. The third-order valence-electron chi connectivity index (χ3n) is 3.29. The molecule has 2 heterocycles. The normalized spacial score (nSPS) is 20.1. The van der Waals surface area contributed by atoms with Crippen molar-refractivity contribution in [3.05, 3.63) is 23.6 Å². The first-order chi connectivity index (χ1) is 9.09. The van der Waals surface area contributed by atoms with Gasteiger partial charge in [0.1, 0.15) is 0 Å². The molecule has 1 fully saturated rings. The van der Waals surface area contributed by atoms with Crippen LogP contribution in [0.25, 0.3) is 0 Å². The molecule has 0 bridgehead atoms. The first kappa shape index (κ1) is 14.2. The second kappa shape index (κ2) is 6.30. The van der Waals surface area contributed by atoms with E-state index in [-0.39, 0.29) is 11.9 Å². The van der Waals surface area contributed by atoms with Crippen molar-refractivity contribution < 1.29 is 9.13 Å². The molecule has 1 aliphatic heterocycles. The van der Waals surface area contributed by atoms with Gasteiger partial charge < -0.3 is 15.0 Å². The summed E-state index contributed by atoms with van der Waals surface area (Å²) in [5.74, 6) is 0.225. The predicted molar refractivity (Wildman–Crippen MR) is 73.8 cm³/mol. The SMILES string of the molecule is CC(C)NCc1ccnc(N2CCOCC2C)c1F. The Bertz CT molecular complexity index is 425. The van der Waals surface area contributed by atoms with E-state index in [2.05, 4.69) is 10.3 Å². The summed E-state index contributed by atoms with van der Waals surface area (Å²) in [6.45, 7) is 8.58. The zero-order chi connectivity index (χ0) is 13.8. The molecule has 0 radical (unpaired) electrons. The van der Waals surface area contributed by atoms with Crippen molar-refractivity contribution in [2.24, 2.45) is 0 Å². The predicted octanol–water partition coefficient (Wildman–Crippen LogP) is 1.94. The molecule has 1 aromatic heterocycles. The molecule has 1 N–H and O–H groups in total. The van der Waals surface area contributed by atoms with E-state index in [0.717, 1.165) is 0 Å². The number of nitrogens with zero attached hydrogens (tertiary/aromatic N) is 2. The smallest absolute Gasteiger partial charge is 0.170 e. The summed E-state index contributed by atoms with van der Waals surface area (Å²) in [5.41, 5.74) is 0.664. The molecule has 0 spiro atoms. The van der Waals surface area contributed by atoms with Crippen molar-refractivity contribution in [1.29, 1.82) is 0 Å². The fourth-order valence-electron chi connectivity index (χ4n) is 2.16. The van der Waals surface area contributed by atoms with E-state index in [1.54, 1.807) is 12.3 Å². The lowest BCUT2D eigenvalue weighted by Gasteiger charge is -2.34. The minimum absolute atomic E-state index is 0.157. The van der Waals surface area contributed by atoms with Gasteiger partial charge in [-0.3, -0.25) is 0 Å². The van der Waals surface area contributed by atoms with Crippen LogP contribution >= 0.6 is 0 Å². The number of halogens is 1. The van der Waals surface area contributed by atoms with Crippen molar-refractivity contribution in [3.8, 4) is 0 Å². The van der Waals surface area contributed by atoms with E-state index in [1.165, 1.54) is 0 Å². The first-order valence-corrected chi connectivity index (χ1v) is 6.80. The van der Waals surface area contributed by atoms with Gasteiger partial charge in [-0.15, -0.1) is 0 Å². The molecule has 106 valence electrons. The zero-order valence-electron chi connectivity index (χ0n) is 11.8. The Morgan fingerprint density at radius 1 is 1.58 bits per heavy atom. The average Bonchev–Trinajstić information content (AvgIpc) is 2.38. The molecule has 19 heavy (non-hydrogen) atoms. The van der Waals surface area contributed by atoms with Gasteiger partial charge in [-0.2, -0.15) is 0 Å². The van der Waals surface area contributed by atoms with Crippen molar-refractivity contribution >= 4 is 5.82 Å². The van der Waals surface area contributed by atoms with E-state index in [9.17, 15) is 4.39 Å². The van der Waals surface area contributed by atoms with Crippen LogP contribution in [0.1, 0.15) is 26.3 Å². The van der Waals surface area contributed by atoms with Gasteiger partial charge in [0.05, 0.1) is 19.3 Å². The minimum Gasteiger partial charge on any atom is -0.377 e. The Kier molecular flexibility index (Phi) is 4.71. The van der Waals surface area contributed by atoms with Gasteiger partial charge in [0.15, 0.2) is 11.6 Å². The third-order valence-corrected chi connectivity index (χ3v) is 3.29. The van der Waals surface area contributed by atoms with Crippen molar-refractivity contribution in [3.63, 3.8) is 0 Å². The number of rotatable bonds is 4. The van der Waals surface area contributed by atoms with Crippen molar-refractivity contribution in [1.82, 2.24) is 10.3 Å². The van der Waals surface area contributed by atoms with E-state index >= 15 is 0 Å². The first-order valence-electron chi connectivity index (χ1n) is 6.80. The van der Waals surface area contributed by atoms with Crippen LogP contribution in [0.5, 0.6) is 0 Å². The van der Waals surface area contributed by atoms with Crippen LogP contribution in [0.3, 0.4) is 0 Å². The molecule has 5 heteroatoms. The molecule has 1 atom stereocenters. The largest absolute Gasteiger partial charge is 0.377 e. The summed E-state index contributed by atoms with van der Waals surface area (Å²) in [4.78, 5) is 6.19. The van der Waals surface area contributed by atoms with Gasteiger partial charge in [-0.25, -0.2) is 9.37 Å². The lowest BCUT2D eigenvalue weighted by Crippen LogP contribution is -2.44. The van der Waals surface area contributed by atoms with Crippen molar-refractivity contribution in [2.45, 2.75) is 39.4 Å². The number of pyridine rings is 1. The number of morpholine rings is 1. The molecule has 1 unspecified atom stereocenters. The lowest BCUT2D eigenvalue weighted by molar-refractivity contribution is 0.0981. The summed E-state index contributed by atoms with van der Waals surface area (Å²) in [6, 6.07) is 2.22. The van der Waals surface area contributed by atoms with E-state index in [1.807, 2.05) is 25.7 Å². The van der Waals surface area contributed by atoms with Crippen LogP contribution in [0.15, 0.2) is 12.3 Å². The van der Waals surface area contributed by atoms with Gasteiger partial charge in [-0.1, -0.05) is 13.8 Å². The monoisotopic (exact) mass is 267 g/mol. The van der Waals surface area contributed by atoms with Crippen LogP contribution < -0.4 is 10.2 Å². The van der Waals surface area contributed by atoms with Gasteiger partial charge in [0, 0.05) is 30.9 Å².